The first kappa shape index (κ1) is 21.9. The maximum Gasteiger partial charge on any atom is 0.303 e. The molecule has 1 rings (SSSR count). The first-order chi connectivity index (χ1) is 12.0. The Bertz CT molecular complexity index is 432. The summed E-state index contributed by atoms with van der Waals surface area (Å²) in [4.78, 5) is 10.5. The molecule has 0 aliphatic heterocycles. The summed E-state index contributed by atoms with van der Waals surface area (Å²) in [7, 11) is 0. The molecule has 0 spiro atoms. The average Bonchev–Trinajstić information content (AvgIpc) is 2.82. The zero-order chi connectivity index (χ0) is 18.7. The van der Waals surface area contributed by atoms with Gasteiger partial charge in [0, 0.05) is 18.8 Å². The number of aliphatic hydroxyl groups is 3. The predicted molar refractivity (Wildman–Crippen MR) is 98.1 cm³/mol. The highest BCUT2D eigenvalue weighted by molar-refractivity contribution is 5.66. The predicted octanol–water partition coefficient (Wildman–Crippen LogP) is 3.04. The maximum atomic E-state index is 10.5. The molecule has 5 nitrogen and oxygen atoms in total. The van der Waals surface area contributed by atoms with E-state index in [9.17, 15) is 20.1 Å². The molecule has 0 radical (unpaired) electrons. The number of unbranched alkanes of at least 4 members (excludes halogenated alkanes) is 3. The highest BCUT2D eigenvalue weighted by Gasteiger charge is 2.39. The van der Waals surface area contributed by atoms with E-state index in [0.717, 1.165) is 25.7 Å². The lowest BCUT2D eigenvalue weighted by Gasteiger charge is -2.19. The van der Waals surface area contributed by atoms with Crippen molar-refractivity contribution < 1.29 is 25.2 Å². The van der Waals surface area contributed by atoms with Gasteiger partial charge in [0.25, 0.3) is 0 Å². The van der Waals surface area contributed by atoms with Crippen molar-refractivity contribution in [3.8, 4) is 0 Å². The molecule has 4 N–H and O–H groups in total. The topological polar surface area (TPSA) is 98.0 Å². The molecule has 0 saturated heterocycles. The zero-order valence-corrected chi connectivity index (χ0v) is 15.3. The van der Waals surface area contributed by atoms with Gasteiger partial charge in [-0.2, -0.15) is 0 Å². The lowest BCUT2D eigenvalue weighted by atomic mass is 9.89. The molecule has 5 atom stereocenters. The summed E-state index contributed by atoms with van der Waals surface area (Å²) in [5.41, 5.74) is 0. The Morgan fingerprint density at radius 3 is 2.60 bits per heavy atom. The lowest BCUT2D eigenvalue weighted by Crippen LogP contribution is -2.20. The van der Waals surface area contributed by atoms with Gasteiger partial charge in [-0.1, -0.05) is 50.5 Å². The molecule has 1 fully saturated rings. The molecule has 0 aromatic carbocycles. The summed E-state index contributed by atoms with van der Waals surface area (Å²) in [6, 6.07) is 0. The fourth-order valence-corrected chi connectivity index (χ4v) is 3.41. The van der Waals surface area contributed by atoms with Gasteiger partial charge in [-0.3, -0.25) is 4.79 Å². The van der Waals surface area contributed by atoms with Crippen molar-refractivity contribution in [2.24, 2.45) is 11.8 Å². The summed E-state index contributed by atoms with van der Waals surface area (Å²) >= 11 is 0. The van der Waals surface area contributed by atoms with Gasteiger partial charge in [0.1, 0.15) is 0 Å². The van der Waals surface area contributed by atoms with E-state index in [4.69, 9.17) is 5.11 Å². The Labute approximate surface area is 151 Å². The third-order valence-electron chi connectivity index (χ3n) is 4.91. The van der Waals surface area contributed by atoms with E-state index in [1.54, 1.807) is 6.08 Å². The second-order valence-corrected chi connectivity index (χ2v) is 7.05. The number of allylic oxidation sites excluding steroid dienone is 2. The molecule has 1 aliphatic carbocycles. The molecule has 144 valence electrons. The minimum atomic E-state index is -0.787. The summed E-state index contributed by atoms with van der Waals surface area (Å²) < 4.78 is 0. The van der Waals surface area contributed by atoms with Gasteiger partial charge in [0.2, 0.25) is 0 Å². The zero-order valence-electron chi connectivity index (χ0n) is 15.3. The van der Waals surface area contributed by atoms with Crippen LogP contribution in [-0.2, 0) is 4.79 Å². The van der Waals surface area contributed by atoms with Crippen molar-refractivity contribution in [1.82, 2.24) is 0 Å². The number of carbonyl (C=O) groups is 1. The standard InChI is InChI=1S/C20H34O5/c1-2-3-6-9-15(21)12-13-17-16(18(22)14-19(17)23)10-7-4-5-8-11-20(24)25/h4,7,12-13,15-19,21-23H,2-3,5-6,8-11,14H2,1H3,(H,24,25)/b7-4-,13-12+/t15-,16+,17-,18+,19+/m1/s1. The van der Waals surface area contributed by atoms with Crippen LogP contribution >= 0.6 is 0 Å². The molecule has 1 aliphatic rings. The average molecular weight is 354 g/mol. The molecular weight excluding hydrogens is 320 g/mol. The Morgan fingerprint density at radius 1 is 1.16 bits per heavy atom. The quantitative estimate of drug-likeness (QED) is 0.319. The number of hydrogen-bond acceptors (Lipinski definition) is 4. The molecular formula is C20H34O5. The lowest BCUT2D eigenvalue weighted by molar-refractivity contribution is -0.137. The molecule has 0 aromatic heterocycles. The van der Waals surface area contributed by atoms with Gasteiger partial charge < -0.3 is 20.4 Å². The summed E-state index contributed by atoms with van der Waals surface area (Å²) in [5.74, 6) is -1.00. The van der Waals surface area contributed by atoms with Crippen LogP contribution in [0.3, 0.4) is 0 Å². The largest absolute Gasteiger partial charge is 0.481 e. The van der Waals surface area contributed by atoms with Crippen LogP contribution in [0.25, 0.3) is 0 Å². The number of aliphatic hydroxyl groups excluding tert-OH is 3. The molecule has 0 bridgehead atoms. The number of carboxylic acid groups (broad SMARTS) is 1. The normalized spacial score (nSPS) is 28.2. The maximum absolute atomic E-state index is 10.5. The van der Waals surface area contributed by atoms with Crippen molar-refractivity contribution >= 4 is 5.97 Å². The van der Waals surface area contributed by atoms with Crippen LogP contribution in [0, 0.1) is 11.8 Å². The van der Waals surface area contributed by atoms with Crippen LogP contribution in [0.15, 0.2) is 24.3 Å². The Hall–Kier alpha value is -1.17. The van der Waals surface area contributed by atoms with Crippen molar-refractivity contribution in [2.75, 3.05) is 0 Å². The highest BCUT2D eigenvalue weighted by atomic mass is 16.4. The third kappa shape index (κ3) is 8.66. The second kappa shape index (κ2) is 12.2. The van der Waals surface area contributed by atoms with Gasteiger partial charge in [0.15, 0.2) is 0 Å². The molecule has 5 heteroatoms. The van der Waals surface area contributed by atoms with Gasteiger partial charge in [-0.15, -0.1) is 0 Å². The molecule has 0 aromatic rings. The Balaban J connectivity index is 2.46. The van der Waals surface area contributed by atoms with E-state index in [2.05, 4.69) is 6.92 Å². The number of aliphatic carboxylic acids is 1. The van der Waals surface area contributed by atoms with Crippen LogP contribution in [0.1, 0.15) is 64.7 Å². The summed E-state index contributed by atoms with van der Waals surface area (Å²) in [6.07, 6.45) is 12.3. The highest BCUT2D eigenvalue weighted by Crippen LogP contribution is 2.36. The van der Waals surface area contributed by atoms with Crippen LogP contribution in [0.2, 0.25) is 0 Å². The monoisotopic (exact) mass is 354 g/mol. The smallest absolute Gasteiger partial charge is 0.303 e. The van der Waals surface area contributed by atoms with Crippen molar-refractivity contribution in [3.05, 3.63) is 24.3 Å². The number of carboxylic acids is 1. The van der Waals surface area contributed by atoms with Crippen molar-refractivity contribution in [2.45, 2.75) is 83.0 Å². The fourth-order valence-electron chi connectivity index (χ4n) is 3.41. The first-order valence-electron chi connectivity index (χ1n) is 9.55. The van der Waals surface area contributed by atoms with E-state index in [-0.39, 0.29) is 18.3 Å². The van der Waals surface area contributed by atoms with Crippen LogP contribution < -0.4 is 0 Å². The minimum Gasteiger partial charge on any atom is -0.481 e. The van der Waals surface area contributed by atoms with Crippen molar-refractivity contribution in [3.63, 3.8) is 0 Å². The SMILES string of the molecule is CCCCC[C@@H](O)/C=C/[C@@H]1[C@H](C/C=C\CCCC(=O)O)[C@@H](O)C[C@@H]1O. The second-order valence-electron chi connectivity index (χ2n) is 7.05. The van der Waals surface area contributed by atoms with Crippen LogP contribution in [0.4, 0.5) is 0 Å². The molecule has 0 amide bonds. The molecule has 0 unspecified atom stereocenters. The van der Waals surface area contributed by atoms with E-state index < -0.39 is 24.3 Å². The Morgan fingerprint density at radius 2 is 1.92 bits per heavy atom. The molecule has 0 heterocycles. The van der Waals surface area contributed by atoms with Gasteiger partial charge in [0.05, 0.1) is 18.3 Å². The van der Waals surface area contributed by atoms with Crippen molar-refractivity contribution in [1.29, 1.82) is 0 Å². The molecule has 1 saturated carbocycles. The first-order valence-corrected chi connectivity index (χ1v) is 9.55. The molecule has 25 heavy (non-hydrogen) atoms. The van der Waals surface area contributed by atoms with Gasteiger partial charge in [-0.25, -0.2) is 0 Å². The van der Waals surface area contributed by atoms with Gasteiger partial charge in [-0.05, 0) is 31.6 Å². The van der Waals surface area contributed by atoms with E-state index in [1.807, 2.05) is 18.2 Å². The van der Waals surface area contributed by atoms with Gasteiger partial charge >= 0.3 is 5.97 Å². The Kier molecular flexibility index (Phi) is 10.7. The van der Waals surface area contributed by atoms with E-state index in [1.165, 1.54) is 0 Å². The van der Waals surface area contributed by atoms with E-state index >= 15 is 0 Å². The van der Waals surface area contributed by atoms with Crippen LogP contribution in [-0.4, -0.2) is 44.7 Å². The minimum absolute atomic E-state index is 0.0650. The van der Waals surface area contributed by atoms with Crippen LogP contribution in [0.5, 0.6) is 0 Å². The third-order valence-corrected chi connectivity index (χ3v) is 4.91. The fraction of sp³-hybridized carbons (Fsp3) is 0.750. The van der Waals surface area contributed by atoms with E-state index in [0.29, 0.717) is 25.7 Å². The summed E-state index contributed by atoms with van der Waals surface area (Å²) in [5, 5.41) is 39.0. The number of rotatable bonds is 12. The summed E-state index contributed by atoms with van der Waals surface area (Å²) in [6.45, 7) is 2.12. The number of hydrogen-bond donors (Lipinski definition) is 4.